The van der Waals surface area contributed by atoms with Gasteiger partial charge in [-0.15, -0.1) is 11.3 Å². The zero-order valence-electron chi connectivity index (χ0n) is 11.2. The molecule has 1 N–H and O–H groups in total. The first-order valence-electron chi connectivity index (χ1n) is 5.95. The van der Waals surface area contributed by atoms with Gasteiger partial charge in [-0.3, -0.25) is 14.3 Å². The maximum absolute atomic E-state index is 11.8. The molecule has 0 saturated heterocycles. The Bertz CT molecular complexity index is 658. The highest BCUT2D eigenvalue weighted by Gasteiger charge is 2.11. The highest BCUT2D eigenvalue weighted by Crippen LogP contribution is 2.16. The summed E-state index contributed by atoms with van der Waals surface area (Å²) < 4.78 is 11.6. The molecule has 0 aliphatic carbocycles. The summed E-state index contributed by atoms with van der Waals surface area (Å²) in [7, 11) is 3.07. The van der Waals surface area contributed by atoms with Gasteiger partial charge in [0.2, 0.25) is 0 Å². The van der Waals surface area contributed by atoms with Gasteiger partial charge in [0.25, 0.3) is 5.56 Å². The zero-order chi connectivity index (χ0) is 14.5. The quantitative estimate of drug-likeness (QED) is 0.792. The standard InChI is InChI=1S/C12H15N3O4S/c1-18-9(19-2)3-5-15-7-8(10(16)14-12(15)17)11-13-4-6-20-11/h4,6-7,9H,3,5H2,1-2H3,(H,14,16,17). The van der Waals surface area contributed by atoms with Gasteiger partial charge in [0.1, 0.15) is 5.01 Å². The Hall–Kier alpha value is -1.77. The van der Waals surface area contributed by atoms with Crippen LogP contribution in [-0.4, -0.2) is 35.0 Å². The average Bonchev–Trinajstić information content (AvgIpc) is 2.95. The number of aromatic amines is 1. The Morgan fingerprint density at radius 2 is 2.15 bits per heavy atom. The molecule has 0 spiro atoms. The lowest BCUT2D eigenvalue weighted by Gasteiger charge is -2.14. The molecule has 8 heteroatoms. The third kappa shape index (κ3) is 3.21. The van der Waals surface area contributed by atoms with Gasteiger partial charge in [0, 0.05) is 45.0 Å². The van der Waals surface area contributed by atoms with Crippen molar-refractivity contribution < 1.29 is 9.47 Å². The fourth-order valence-corrected chi connectivity index (χ4v) is 2.41. The van der Waals surface area contributed by atoms with Crippen molar-refractivity contribution in [3.63, 3.8) is 0 Å². The summed E-state index contributed by atoms with van der Waals surface area (Å²) in [6.45, 7) is 0.375. The van der Waals surface area contributed by atoms with Gasteiger partial charge in [-0.2, -0.15) is 0 Å². The van der Waals surface area contributed by atoms with Gasteiger partial charge in [-0.25, -0.2) is 9.78 Å². The number of nitrogens with one attached hydrogen (secondary N) is 1. The number of aryl methyl sites for hydroxylation is 1. The van der Waals surface area contributed by atoms with Gasteiger partial charge in [-0.05, 0) is 0 Å². The first kappa shape index (κ1) is 14.6. The molecule has 2 aromatic rings. The van der Waals surface area contributed by atoms with E-state index in [2.05, 4.69) is 9.97 Å². The van der Waals surface area contributed by atoms with E-state index in [0.717, 1.165) is 0 Å². The Morgan fingerprint density at radius 3 is 2.75 bits per heavy atom. The van der Waals surface area contributed by atoms with E-state index in [4.69, 9.17) is 9.47 Å². The number of thiazole rings is 1. The third-order valence-electron chi connectivity index (χ3n) is 2.81. The van der Waals surface area contributed by atoms with Crippen LogP contribution in [0.4, 0.5) is 0 Å². The first-order valence-corrected chi connectivity index (χ1v) is 6.83. The summed E-state index contributed by atoms with van der Waals surface area (Å²) in [6, 6.07) is 0. The number of nitrogens with zero attached hydrogens (tertiary/aromatic N) is 2. The van der Waals surface area contributed by atoms with Crippen molar-refractivity contribution in [1.82, 2.24) is 14.5 Å². The Kier molecular flexibility index (Phi) is 4.83. The van der Waals surface area contributed by atoms with Gasteiger partial charge < -0.3 is 9.47 Å². The van der Waals surface area contributed by atoms with Crippen molar-refractivity contribution >= 4 is 11.3 Å². The fourth-order valence-electron chi connectivity index (χ4n) is 1.76. The van der Waals surface area contributed by atoms with Crippen LogP contribution in [0.3, 0.4) is 0 Å². The minimum absolute atomic E-state index is 0.375. The molecule has 0 saturated carbocycles. The van der Waals surface area contributed by atoms with Crippen LogP contribution >= 0.6 is 11.3 Å². The highest BCUT2D eigenvalue weighted by atomic mass is 32.1. The van der Waals surface area contributed by atoms with E-state index in [0.29, 0.717) is 23.5 Å². The summed E-state index contributed by atoms with van der Waals surface area (Å²) in [6.07, 6.45) is 3.23. The molecule has 0 radical (unpaired) electrons. The predicted octanol–water partition coefficient (Wildman–Crippen LogP) is 0.669. The van der Waals surface area contributed by atoms with Crippen molar-refractivity contribution in [2.45, 2.75) is 19.3 Å². The van der Waals surface area contributed by atoms with E-state index >= 15 is 0 Å². The molecule has 0 aliphatic rings. The van der Waals surface area contributed by atoms with Crippen molar-refractivity contribution in [2.75, 3.05) is 14.2 Å². The average molecular weight is 297 g/mol. The third-order valence-corrected chi connectivity index (χ3v) is 3.61. The second-order valence-corrected chi connectivity index (χ2v) is 4.92. The molecule has 0 unspecified atom stereocenters. The van der Waals surface area contributed by atoms with E-state index in [1.807, 2.05) is 0 Å². The molecule has 0 atom stereocenters. The molecule has 0 bridgehead atoms. The van der Waals surface area contributed by atoms with E-state index in [1.54, 1.807) is 11.6 Å². The van der Waals surface area contributed by atoms with Gasteiger partial charge in [0.15, 0.2) is 6.29 Å². The number of hydrogen-bond donors (Lipinski definition) is 1. The lowest BCUT2D eigenvalue weighted by molar-refractivity contribution is -0.108. The maximum Gasteiger partial charge on any atom is 0.328 e. The van der Waals surface area contributed by atoms with Gasteiger partial charge in [-0.1, -0.05) is 0 Å². The fraction of sp³-hybridized carbons (Fsp3) is 0.417. The molecule has 2 rings (SSSR count). The summed E-state index contributed by atoms with van der Waals surface area (Å²) in [5.74, 6) is 0. The molecule has 0 aliphatic heterocycles. The molecule has 108 valence electrons. The minimum Gasteiger partial charge on any atom is -0.356 e. The Labute approximate surface area is 118 Å². The van der Waals surface area contributed by atoms with E-state index in [-0.39, 0.29) is 0 Å². The maximum atomic E-state index is 11.8. The molecule has 7 nitrogen and oxygen atoms in total. The van der Waals surface area contributed by atoms with Crippen molar-refractivity contribution in [2.24, 2.45) is 0 Å². The first-order chi connectivity index (χ1) is 9.65. The van der Waals surface area contributed by atoms with E-state index < -0.39 is 17.5 Å². The molecule has 0 amide bonds. The van der Waals surface area contributed by atoms with Crippen LogP contribution in [0.1, 0.15) is 6.42 Å². The van der Waals surface area contributed by atoms with Crippen molar-refractivity contribution in [3.05, 3.63) is 38.6 Å². The van der Waals surface area contributed by atoms with E-state index in [9.17, 15) is 9.59 Å². The summed E-state index contributed by atoms with van der Waals surface area (Å²) in [4.78, 5) is 29.9. The molecule has 20 heavy (non-hydrogen) atoms. The van der Waals surface area contributed by atoms with Crippen LogP contribution in [0.15, 0.2) is 27.4 Å². The summed E-state index contributed by atoms with van der Waals surface area (Å²) in [5.41, 5.74) is -0.511. The molecule has 0 fully saturated rings. The largest absolute Gasteiger partial charge is 0.356 e. The lowest BCUT2D eigenvalue weighted by atomic mass is 10.3. The Morgan fingerprint density at radius 1 is 1.40 bits per heavy atom. The number of aromatic nitrogens is 3. The number of rotatable bonds is 6. The van der Waals surface area contributed by atoms with Crippen LogP contribution in [0.25, 0.3) is 10.6 Å². The van der Waals surface area contributed by atoms with Crippen LogP contribution in [0, 0.1) is 0 Å². The van der Waals surface area contributed by atoms with E-state index in [1.165, 1.54) is 36.3 Å². The summed E-state index contributed by atoms with van der Waals surface area (Å²) >= 11 is 1.34. The lowest BCUT2D eigenvalue weighted by Crippen LogP contribution is -2.31. The number of ether oxygens (including phenoxy) is 2. The van der Waals surface area contributed by atoms with Crippen LogP contribution in [0.2, 0.25) is 0 Å². The molecule has 0 aromatic carbocycles. The molecule has 2 aromatic heterocycles. The Balaban J connectivity index is 2.28. The number of methoxy groups -OCH3 is 2. The topological polar surface area (TPSA) is 86.2 Å². The normalized spacial score (nSPS) is 11.2. The predicted molar refractivity (Wildman–Crippen MR) is 74.9 cm³/mol. The molecule has 2 heterocycles. The second kappa shape index (κ2) is 6.60. The van der Waals surface area contributed by atoms with Crippen LogP contribution in [-0.2, 0) is 16.0 Å². The van der Waals surface area contributed by atoms with Crippen LogP contribution in [0.5, 0.6) is 0 Å². The smallest absolute Gasteiger partial charge is 0.328 e. The van der Waals surface area contributed by atoms with Crippen LogP contribution < -0.4 is 11.2 Å². The SMILES string of the molecule is COC(CCn1cc(-c2nccs2)c(=O)[nH]c1=O)OC. The highest BCUT2D eigenvalue weighted by molar-refractivity contribution is 7.13. The van der Waals surface area contributed by atoms with Gasteiger partial charge in [0.05, 0.1) is 5.56 Å². The molecular formula is C12H15N3O4S. The number of hydrogen-bond acceptors (Lipinski definition) is 6. The number of H-pyrrole nitrogens is 1. The van der Waals surface area contributed by atoms with Crippen molar-refractivity contribution in [3.8, 4) is 10.6 Å². The summed E-state index contributed by atoms with van der Waals surface area (Å²) in [5, 5.41) is 2.35. The monoisotopic (exact) mass is 297 g/mol. The zero-order valence-corrected chi connectivity index (χ0v) is 12.0. The van der Waals surface area contributed by atoms with Gasteiger partial charge >= 0.3 is 5.69 Å². The minimum atomic E-state index is -0.457. The molecular weight excluding hydrogens is 282 g/mol. The second-order valence-electron chi connectivity index (χ2n) is 4.02. The van der Waals surface area contributed by atoms with Crippen molar-refractivity contribution in [1.29, 1.82) is 0 Å².